The van der Waals surface area contributed by atoms with E-state index in [1.54, 1.807) is 6.92 Å². The number of carboxylic acids is 1. The largest absolute Gasteiger partial charge is 0.477 e. The lowest BCUT2D eigenvalue weighted by Crippen LogP contribution is -2.24. The van der Waals surface area contributed by atoms with Crippen LogP contribution in [0.2, 0.25) is 0 Å². The Hall–Kier alpha value is -1.34. The van der Waals surface area contributed by atoms with Crippen LogP contribution < -0.4 is 4.72 Å². The molecule has 0 bridgehead atoms. The molecule has 0 aliphatic heterocycles. The fraction of sp³-hybridized carbons (Fsp3) is 0.643. The Kier molecular flexibility index (Phi) is 6.42. The van der Waals surface area contributed by atoms with Gasteiger partial charge in [0.15, 0.2) is 0 Å². The Morgan fingerprint density at radius 3 is 2.52 bits per heavy atom. The second kappa shape index (κ2) is 7.61. The van der Waals surface area contributed by atoms with Gasteiger partial charge in [-0.15, -0.1) is 0 Å². The van der Waals surface area contributed by atoms with Crippen molar-refractivity contribution in [3.63, 3.8) is 0 Å². The number of sulfonamides is 1. The molecule has 0 saturated heterocycles. The Balaban J connectivity index is 2.68. The molecule has 2 N–H and O–H groups in total. The molecule has 0 saturated carbocycles. The highest BCUT2D eigenvalue weighted by molar-refractivity contribution is 7.89. The molecule has 21 heavy (non-hydrogen) atoms. The molecule has 0 radical (unpaired) electrons. The number of aromatic nitrogens is 1. The molecule has 7 heteroatoms. The average Bonchev–Trinajstić information content (AvgIpc) is 2.82. The van der Waals surface area contributed by atoms with Crippen molar-refractivity contribution in [2.75, 3.05) is 6.54 Å². The first-order valence-corrected chi connectivity index (χ1v) is 8.69. The minimum Gasteiger partial charge on any atom is -0.477 e. The summed E-state index contributed by atoms with van der Waals surface area (Å²) in [5.74, 6) is -0.520. The van der Waals surface area contributed by atoms with Crippen LogP contribution >= 0.6 is 0 Å². The normalized spacial score (nSPS) is 12.0. The van der Waals surface area contributed by atoms with Gasteiger partial charge in [-0.3, -0.25) is 0 Å². The molecule has 120 valence electrons. The van der Waals surface area contributed by atoms with E-state index >= 15 is 0 Å². The van der Waals surface area contributed by atoms with E-state index in [1.165, 1.54) is 16.8 Å². The standard InChI is InChI=1S/C14H24N2O4S/c1-4-16-10-12(9-13(16)14(17)18)21(19,20)15-8-6-5-7-11(2)3/h9-11,15H,4-8H2,1-3H3,(H,17,18). The van der Waals surface area contributed by atoms with E-state index in [4.69, 9.17) is 5.11 Å². The van der Waals surface area contributed by atoms with Gasteiger partial charge in [-0.2, -0.15) is 0 Å². The summed E-state index contributed by atoms with van der Waals surface area (Å²) < 4.78 is 28.2. The van der Waals surface area contributed by atoms with Gasteiger partial charge in [0.2, 0.25) is 10.0 Å². The number of aromatic carboxylic acids is 1. The Labute approximate surface area is 126 Å². The van der Waals surface area contributed by atoms with E-state index in [-0.39, 0.29) is 10.6 Å². The summed E-state index contributed by atoms with van der Waals surface area (Å²) >= 11 is 0. The zero-order valence-corrected chi connectivity index (χ0v) is 13.6. The third-order valence-electron chi connectivity index (χ3n) is 3.24. The van der Waals surface area contributed by atoms with Gasteiger partial charge in [0.25, 0.3) is 0 Å². The van der Waals surface area contributed by atoms with Crippen LogP contribution in [-0.4, -0.2) is 30.6 Å². The molecule has 1 heterocycles. The Morgan fingerprint density at radius 1 is 1.38 bits per heavy atom. The van der Waals surface area contributed by atoms with Gasteiger partial charge < -0.3 is 9.67 Å². The molecule has 0 amide bonds. The first kappa shape index (κ1) is 17.7. The van der Waals surface area contributed by atoms with E-state index in [9.17, 15) is 13.2 Å². The van der Waals surface area contributed by atoms with Crippen LogP contribution in [0.4, 0.5) is 0 Å². The van der Waals surface area contributed by atoms with Crippen molar-refractivity contribution in [2.45, 2.75) is 51.5 Å². The monoisotopic (exact) mass is 316 g/mol. The highest BCUT2D eigenvalue weighted by Gasteiger charge is 2.20. The van der Waals surface area contributed by atoms with Crippen LogP contribution in [0.15, 0.2) is 17.2 Å². The van der Waals surface area contributed by atoms with E-state index in [0.29, 0.717) is 19.0 Å². The number of carbonyl (C=O) groups is 1. The highest BCUT2D eigenvalue weighted by atomic mass is 32.2. The summed E-state index contributed by atoms with van der Waals surface area (Å²) in [5.41, 5.74) is -0.0160. The van der Waals surface area contributed by atoms with E-state index in [0.717, 1.165) is 19.3 Å². The Bertz CT molecular complexity index is 576. The van der Waals surface area contributed by atoms with Crippen LogP contribution in [0.25, 0.3) is 0 Å². The predicted octanol–water partition coefficient (Wildman–Crippen LogP) is 2.31. The molecule has 0 aliphatic carbocycles. The van der Waals surface area contributed by atoms with Gasteiger partial charge in [-0.25, -0.2) is 17.9 Å². The average molecular weight is 316 g/mol. The molecule has 1 aromatic heterocycles. The summed E-state index contributed by atoms with van der Waals surface area (Å²) in [4.78, 5) is 11.1. The van der Waals surface area contributed by atoms with Crippen molar-refractivity contribution in [2.24, 2.45) is 5.92 Å². The first-order chi connectivity index (χ1) is 9.77. The summed E-state index contributed by atoms with van der Waals surface area (Å²) in [7, 11) is -3.64. The van der Waals surface area contributed by atoms with Crippen molar-refractivity contribution in [1.29, 1.82) is 0 Å². The molecule has 0 unspecified atom stereocenters. The number of carboxylic acid groups (broad SMARTS) is 1. The van der Waals surface area contributed by atoms with Gasteiger partial charge in [-0.1, -0.05) is 26.7 Å². The fourth-order valence-electron chi connectivity index (χ4n) is 2.04. The third kappa shape index (κ3) is 5.17. The molecule has 0 aliphatic rings. The molecular weight excluding hydrogens is 292 g/mol. The van der Waals surface area contributed by atoms with Crippen molar-refractivity contribution in [3.05, 3.63) is 18.0 Å². The van der Waals surface area contributed by atoms with Crippen LogP contribution in [0.5, 0.6) is 0 Å². The van der Waals surface area contributed by atoms with Gasteiger partial charge >= 0.3 is 5.97 Å². The van der Waals surface area contributed by atoms with Crippen LogP contribution in [0, 0.1) is 5.92 Å². The SMILES string of the molecule is CCn1cc(S(=O)(=O)NCCCCC(C)C)cc1C(=O)O. The lowest BCUT2D eigenvalue weighted by Gasteiger charge is -2.06. The second-order valence-electron chi connectivity index (χ2n) is 5.44. The molecular formula is C14H24N2O4S. The smallest absolute Gasteiger partial charge is 0.352 e. The first-order valence-electron chi connectivity index (χ1n) is 7.21. The number of aryl methyl sites for hydroxylation is 1. The summed E-state index contributed by atoms with van der Waals surface area (Å²) in [6.07, 6.45) is 4.17. The lowest BCUT2D eigenvalue weighted by molar-refractivity contribution is 0.0685. The Morgan fingerprint density at radius 2 is 2.05 bits per heavy atom. The minimum absolute atomic E-state index is 0.00519. The molecule has 0 atom stereocenters. The topological polar surface area (TPSA) is 88.4 Å². The van der Waals surface area contributed by atoms with Crippen molar-refractivity contribution in [1.82, 2.24) is 9.29 Å². The number of hydrogen-bond donors (Lipinski definition) is 2. The zero-order chi connectivity index (χ0) is 16.0. The maximum atomic E-state index is 12.1. The number of nitrogens with one attached hydrogen (secondary N) is 1. The number of nitrogens with zero attached hydrogens (tertiary/aromatic N) is 1. The van der Waals surface area contributed by atoms with Crippen molar-refractivity contribution >= 4 is 16.0 Å². The van der Waals surface area contributed by atoms with Crippen molar-refractivity contribution in [3.8, 4) is 0 Å². The molecule has 1 rings (SSSR count). The fourth-order valence-corrected chi connectivity index (χ4v) is 3.15. The summed E-state index contributed by atoms with van der Waals surface area (Å²) in [5, 5.41) is 9.04. The van der Waals surface area contributed by atoms with Crippen molar-refractivity contribution < 1.29 is 18.3 Å². The zero-order valence-electron chi connectivity index (χ0n) is 12.8. The molecule has 6 nitrogen and oxygen atoms in total. The van der Waals surface area contributed by atoms with Crippen LogP contribution in [0.3, 0.4) is 0 Å². The molecule has 0 fully saturated rings. The molecule has 1 aromatic rings. The summed E-state index contributed by atoms with van der Waals surface area (Å²) in [6, 6.07) is 1.20. The number of rotatable bonds is 9. The number of hydrogen-bond acceptors (Lipinski definition) is 3. The minimum atomic E-state index is -3.64. The lowest BCUT2D eigenvalue weighted by atomic mass is 10.1. The maximum absolute atomic E-state index is 12.1. The molecule has 0 aromatic carbocycles. The van der Waals surface area contributed by atoms with E-state index in [1.807, 2.05) is 0 Å². The number of unbranched alkanes of at least 4 members (excludes halogenated alkanes) is 1. The van der Waals surface area contributed by atoms with Gasteiger partial charge in [0.1, 0.15) is 10.6 Å². The predicted molar refractivity (Wildman–Crippen MR) is 80.9 cm³/mol. The third-order valence-corrected chi connectivity index (χ3v) is 4.67. The summed E-state index contributed by atoms with van der Waals surface area (Å²) in [6.45, 7) is 6.80. The van der Waals surface area contributed by atoms with Gasteiger partial charge in [0, 0.05) is 19.3 Å². The van der Waals surface area contributed by atoms with Gasteiger partial charge in [0.05, 0.1) is 0 Å². The highest BCUT2D eigenvalue weighted by Crippen LogP contribution is 2.15. The quantitative estimate of drug-likeness (QED) is 0.684. The van der Waals surface area contributed by atoms with Crippen LogP contribution in [-0.2, 0) is 16.6 Å². The molecule has 0 spiro atoms. The van der Waals surface area contributed by atoms with Gasteiger partial charge in [-0.05, 0) is 25.3 Å². The maximum Gasteiger partial charge on any atom is 0.352 e. The van der Waals surface area contributed by atoms with E-state index in [2.05, 4.69) is 18.6 Å². The van der Waals surface area contributed by atoms with E-state index < -0.39 is 16.0 Å². The second-order valence-corrected chi connectivity index (χ2v) is 7.21. The van der Waals surface area contributed by atoms with Crippen LogP contribution in [0.1, 0.15) is 50.5 Å².